The molecular weight excluding hydrogens is 852 g/mol. The van der Waals surface area contributed by atoms with Gasteiger partial charge in [-0.1, -0.05) is 0 Å². The first kappa shape index (κ1) is 43.6. The smallest absolute Gasteiger partial charge is 0.402 e. The summed E-state index contributed by atoms with van der Waals surface area (Å²) in [6.07, 6.45) is 0. The quantitative estimate of drug-likeness (QED) is 0.0580. The van der Waals surface area contributed by atoms with Gasteiger partial charge in [0.15, 0.2) is 28.7 Å². The molecule has 0 fully saturated rings. The van der Waals surface area contributed by atoms with E-state index in [-0.39, 0.29) is 119 Å². The predicted molar refractivity (Wildman–Crippen MR) is 233 cm³/mol. The zero-order valence-electron chi connectivity index (χ0n) is 33.7. The Balaban J connectivity index is 0.000000145. The molecule has 0 aliphatic heterocycles. The van der Waals surface area contributed by atoms with Gasteiger partial charge in [0.2, 0.25) is 17.2 Å². The number of fused-ring (bicyclic) bond motifs is 3. The number of phenolic OH excluding ortho intramolecular Hbond substituents is 12. The minimum absolute atomic E-state index is 0.0304. The summed E-state index contributed by atoms with van der Waals surface area (Å²) in [4.78, 5) is 0. The van der Waals surface area contributed by atoms with Gasteiger partial charge in [-0.05, 0) is 49.2 Å². The summed E-state index contributed by atoms with van der Waals surface area (Å²) in [6, 6.07) is 20.6. The highest BCUT2D eigenvalue weighted by Gasteiger charge is 2.28. The van der Waals surface area contributed by atoms with Crippen molar-refractivity contribution in [2.45, 2.75) is 13.8 Å². The fourth-order valence-electron chi connectivity index (χ4n) is 6.68. The van der Waals surface area contributed by atoms with Gasteiger partial charge in [-0.2, -0.15) is 0 Å². The van der Waals surface area contributed by atoms with E-state index in [9.17, 15) is 76.6 Å². The van der Waals surface area contributed by atoms with E-state index in [1.54, 1.807) is 26.0 Å². The van der Waals surface area contributed by atoms with Gasteiger partial charge in [0.25, 0.3) is 0 Å². The third-order valence-corrected chi connectivity index (χ3v) is 9.81. The van der Waals surface area contributed by atoms with Crippen LogP contribution < -0.4 is 0 Å². The normalized spacial score (nSPS) is 10.9. The van der Waals surface area contributed by atoms with E-state index in [2.05, 4.69) is 0 Å². The highest BCUT2D eigenvalue weighted by Crippen LogP contribution is 2.45. The molecule has 18 heteroatoms. The van der Waals surface area contributed by atoms with Crippen LogP contribution in [0, 0.1) is 13.8 Å². The Morgan fingerprint density at radius 3 is 0.985 bits per heavy atom. The van der Waals surface area contributed by atoms with E-state index in [0.717, 1.165) is 24.3 Å². The summed E-state index contributed by atoms with van der Waals surface area (Å²) in [5, 5.41) is 146. The molecule has 0 bridgehead atoms. The highest BCUT2D eigenvalue weighted by molar-refractivity contribution is 5.90. The molecule has 0 atom stereocenters. The number of aromatic hydroxyl groups is 15. The van der Waals surface area contributed by atoms with Gasteiger partial charge < -0.3 is 76.6 Å². The van der Waals surface area contributed by atoms with E-state index in [4.69, 9.17) is 13.3 Å². The molecule has 330 valence electrons. The summed E-state index contributed by atoms with van der Waals surface area (Å²) in [6.45, 7) is 3.50. The van der Waals surface area contributed by atoms with Gasteiger partial charge in [0, 0.05) is 54.6 Å². The third-order valence-electron chi connectivity index (χ3n) is 9.81. The Labute approximate surface area is 364 Å². The van der Waals surface area contributed by atoms with Crippen molar-refractivity contribution in [1.29, 1.82) is 0 Å². The highest BCUT2D eigenvalue weighted by atomic mass is 16.4. The van der Waals surface area contributed by atoms with Gasteiger partial charge in [-0.15, -0.1) is 0 Å². The first-order chi connectivity index (χ1) is 30.7. The van der Waals surface area contributed by atoms with Crippen molar-refractivity contribution >= 4 is 32.9 Å². The monoisotopic (exact) mass is 889 g/mol. The van der Waals surface area contributed by atoms with E-state index in [0.29, 0.717) is 27.6 Å². The molecular formula is C47H37O18+3. The number of hydrogen-bond donors (Lipinski definition) is 15. The Bertz CT molecular complexity index is 3170. The van der Waals surface area contributed by atoms with Crippen molar-refractivity contribution in [3.8, 4) is 120 Å². The molecule has 18 nitrogen and oxygen atoms in total. The van der Waals surface area contributed by atoms with Crippen molar-refractivity contribution < 1.29 is 89.8 Å². The fraction of sp³-hybridized carbons (Fsp3) is 0.0426. The number of benzene rings is 6. The summed E-state index contributed by atoms with van der Waals surface area (Å²) >= 11 is 0. The van der Waals surface area contributed by atoms with Crippen molar-refractivity contribution in [3.05, 3.63) is 108 Å². The van der Waals surface area contributed by atoms with Gasteiger partial charge >= 0.3 is 34.0 Å². The zero-order chi connectivity index (χ0) is 47.2. The van der Waals surface area contributed by atoms with E-state index >= 15 is 0 Å². The Morgan fingerprint density at radius 2 is 0.615 bits per heavy atom. The molecule has 6 aromatic carbocycles. The molecule has 0 saturated carbocycles. The molecule has 3 aromatic heterocycles. The average molecular weight is 890 g/mol. The van der Waals surface area contributed by atoms with Crippen molar-refractivity contribution in [3.63, 3.8) is 0 Å². The minimum atomic E-state index is -0.695. The molecule has 3 heterocycles. The van der Waals surface area contributed by atoms with Crippen LogP contribution in [0.5, 0.6) is 86.2 Å². The van der Waals surface area contributed by atoms with Crippen LogP contribution in [0.15, 0.2) is 110 Å². The molecule has 0 radical (unpaired) electrons. The van der Waals surface area contributed by atoms with E-state index in [1.807, 2.05) is 0 Å². The van der Waals surface area contributed by atoms with Gasteiger partial charge in [-0.25, -0.2) is 13.3 Å². The maximum Gasteiger partial charge on any atom is 0.402 e. The summed E-state index contributed by atoms with van der Waals surface area (Å²) in [7, 11) is 0. The third kappa shape index (κ3) is 8.70. The lowest BCUT2D eigenvalue weighted by Crippen LogP contribution is -1.86. The molecule has 0 spiro atoms. The number of hydrogen-bond acceptors (Lipinski definition) is 15. The van der Waals surface area contributed by atoms with Crippen LogP contribution in [-0.2, 0) is 0 Å². The fourth-order valence-corrected chi connectivity index (χ4v) is 6.68. The van der Waals surface area contributed by atoms with E-state index < -0.39 is 17.2 Å². The van der Waals surface area contributed by atoms with Crippen LogP contribution in [0.1, 0.15) is 11.1 Å². The SMILES string of the molecule is Cc1cc(-c2[o+]c3cc(O)cc(O)c3cc2O)cc(C)c1O.Oc1cc(O)c2cc(O)c(-c3cc(O)c(O)c(O)c3)[o+]c2c1.Oc1cc(O)c2cc(O)c(-c3ccc(O)c(O)c3)[o+]c2c1. The first-order valence-corrected chi connectivity index (χ1v) is 18.8. The zero-order valence-corrected chi connectivity index (χ0v) is 33.7. The van der Waals surface area contributed by atoms with Crippen molar-refractivity contribution in [1.82, 2.24) is 0 Å². The van der Waals surface area contributed by atoms with Crippen LogP contribution in [-0.4, -0.2) is 76.6 Å². The molecule has 15 N–H and O–H groups in total. The van der Waals surface area contributed by atoms with Crippen molar-refractivity contribution in [2.75, 3.05) is 0 Å². The summed E-state index contributed by atoms with van der Waals surface area (Å²) in [5.74, 6) is -4.25. The minimum Gasteiger partial charge on any atom is -0.507 e. The van der Waals surface area contributed by atoms with E-state index in [1.165, 1.54) is 60.7 Å². The molecule has 9 aromatic rings. The lowest BCUT2D eigenvalue weighted by atomic mass is 10.0. The van der Waals surface area contributed by atoms with Crippen LogP contribution >= 0.6 is 0 Å². The second-order valence-electron chi connectivity index (χ2n) is 14.5. The molecule has 9 rings (SSSR count). The molecule has 0 saturated heterocycles. The topological polar surface area (TPSA) is 337 Å². The average Bonchev–Trinajstić information content (AvgIpc) is 3.23. The van der Waals surface area contributed by atoms with Crippen molar-refractivity contribution in [2.24, 2.45) is 0 Å². The van der Waals surface area contributed by atoms with Crippen LogP contribution in [0.25, 0.3) is 66.9 Å². The van der Waals surface area contributed by atoms with Gasteiger partial charge in [0.05, 0.1) is 34.9 Å². The first-order valence-electron chi connectivity index (χ1n) is 18.8. The Morgan fingerprint density at radius 1 is 0.277 bits per heavy atom. The second-order valence-corrected chi connectivity index (χ2v) is 14.5. The molecule has 0 aliphatic carbocycles. The second kappa shape index (κ2) is 16.8. The number of phenols is 12. The summed E-state index contributed by atoms with van der Waals surface area (Å²) in [5.41, 5.74) is 2.81. The molecule has 0 amide bonds. The number of rotatable bonds is 3. The standard InChI is InChI=1S/C17H14O5.C15H10O7.C15H10O6/c1-8-3-10(4-9(2)16(8)21)17-14(20)7-12-13(19)5-11(18)6-15(12)22-17;16-7-3-9(17)8-5-12(20)15(22-13(8)4-7)6-1-10(18)14(21)11(19)2-6;16-8-4-11(18)9-6-13(20)15(21-14(9)5-8)7-1-2-10(17)12(19)3-7/h3-7H,1-2H3,(H3-,18,19,20,21);1-5H,(H5-,16,17,18,19,20,21);1-6H,(H4-,16,17,18,19,20)/p+3. The molecule has 0 unspecified atom stereocenters. The Kier molecular flexibility index (Phi) is 11.3. The number of aryl methyl sites for hydroxylation is 2. The summed E-state index contributed by atoms with van der Waals surface area (Å²) < 4.78 is 16.5. The Hall–Kier alpha value is -9.45. The lowest BCUT2D eigenvalue weighted by Gasteiger charge is -2.05. The van der Waals surface area contributed by atoms with Gasteiger partial charge in [0.1, 0.15) is 56.4 Å². The maximum absolute atomic E-state index is 10.2. The lowest BCUT2D eigenvalue weighted by molar-refractivity contribution is 0.368. The van der Waals surface area contributed by atoms with Crippen LogP contribution in [0.3, 0.4) is 0 Å². The van der Waals surface area contributed by atoms with Crippen LogP contribution in [0.4, 0.5) is 0 Å². The molecule has 0 aliphatic rings. The predicted octanol–water partition coefficient (Wildman–Crippen LogP) is 9.34. The molecule has 65 heavy (non-hydrogen) atoms. The maximum atomic E-state index is 10.2. The van der Waals surface area contributed by atoms with Crippen LogP contribution in [0.2, 0.25) is 0 Å². The largest absolute Gasteiger partial charge is 0.507 e. The van der Waals surface area contributed by atoms with Gasteiger partial charge in [-0.3, -0.25) is 0 Å².